The molecule has 0 atom stereocenters. The SMILES string of the molecule is N#Cc1nccnc1NCCCNc1ccccc1. The summed E-state index contributed by atoms with van der Waals surface area (Å²) in [7, 11) is 0. The Kier molecular flexibility index (Phi) is 4.71. The highest BCUT2D eigenvalue weighted by molar-refractivity contribution is 5.46. The smallest absolute Gasteiger partial charge is 0.182 e. The highest BCUT2D eigenvalue weighted by Gasteiger charge is 2.01. The average molecular weight is 253 g/mol. The van der Waals surface area contributed by atoms with Gasteiger partial charge in [0.25, 0.3) is 0 Å². The summed E-state index contributed by atoms with van der Waals surface area (Å²) in [5.41, 5.74) is 1.44. The zero-order chi connectivity index (χ0) is 13.3. The van der Waals surface area contributed by atoms with Gasteiger partial charge >= 0.3 is 0 Å². The van der Waals surface area contributed by atoms with Crippen LogP contribution in [0.2, 0.25) is 0 Å². The Balaban J connectivity index is 1.71. The van der Waals surface area contributed by atoms with Crippen LogP contribution in [0, 0.1) is 11.3 Å². The van der Waals surface area contributed by atoms with E-state index in [-0.39, 0.29) is 0 Å². The van der Waals surface area contributed by atoms with Crippen molar-refractivity contribution in [3.05, 3.63) is 48.4 Å². The molecule has 0 aliphatic carbocycles. The Morgan fingerprint density at radius 2 is 1.74 bits per heavy atom. The van der Waals surface area contributed by atoms with Crippen molar-refractivity contribution in [3.63, 3.8) is 0 Å². The van der Waals surface area contributed by atoms with E-state index in [4.69, 9.17) is 5.26 Å². The van der Waals surface area contributed by atoms with Crippen molar-refractivity contribution in [2.75, 3.05) is 23.7 Å². The summed E-state index contributed by atoms with van der Waals surface area (Å²) in [5, 5.41) is 15.3. The van der Waals surface area contributed by atoms with E-state index in [1.165, 1.54) is 6.20 Å². The summed E-state index contributed by atoms with van der Waals surface area (Å²) >= 11 is 0. The molecule has 0 saturated heterocycles. The monoisotopic (exact) mass is 253 g/mol. The van der Waals surface area contributed by atoms with Crippen molar-refractivity contribution in [1.82, 2.24) is 9.97 Å². The Hall–Kier alpha value is -2.61. The van der Waals surface area contributed by atoms with Crippen LogP contribution in [0.25, 0.3) is 0 Å². The van der Waals surface area contributed by atoms with Gasteiger partial charge in [0.2, 0.25) is 0 Å². The number of para-hydroxylation sites is 1. The van der Waals surface area contributed by atoms with Crippen molar-refractivity contribution in [2.24, 2.45) is 0 Å². The molecule has 0 aliphatic heterocycles. The molecular weight excluding hydrogens is 238 g/mol. The summed E-state index contributed by atoms with van der Waals surface area (Å²) in [6.07, 6.45) is 4.02. The minimum absolute atomic E-state index is 0.332. The molecule has 1 aromatic carbocycles. The molecule has 19 heavy (non-hydrogen) atoms. The molecule has 0 spiro atoms. The first kappa shape index (κ1) is 12.8. The van der Waals surface area contributed by atoms with E-state index in [1.807, 2.05) is 36.4 Å². The molecular formula is C14H15N5. The van der Waals surface area contributed by atoms with Crippen LogP contribution in [0.15, 0.2) is 42.7 Å². The fourth-order valence-electron chi connectivity index (χ4n) is 1.63. The van der Waals surface area contributed by atoms with Crippen LogP contribution in [0.3, 0.4) is 0 Å². The molecule has 0 unspecified atom stereocenters. The first-order valence-electron chi connectivity index (χ1n) is 6.14. The van der Waals surface area contributed by atoms with Crippen molar-refractivity contribution < 1.29 is 0 Å². The van der Waals surface area contributed by atoms with Gasteiger partial charge < -0.3 is 10.6 Å². The van der Waals surface area contributed by atoms with E-state index >= 15 is 0 Å². The first-order chi connectivity index (χ1) is 9.40. The number of nitriles is 1. The number of nitrogens with one attached hydrogen (secondary N) is 2. The van der Waals surface area contributed by atoms with Crippen LogP contribution < -0.4 is 10.6 Å². The third-order valence-corrected chi connectivity index (χ3v) is 2.55. The maximum atomic E-state index is 8.86. The summed E-state index contributed by atoms with van der Waals surface area (Å²) in [6.45, 7) is 1.60. The molecule has 0 aliphatic rings. The van der Waals surface area contributed by atoms with Gasteiger partial charge in [-0.25, -0.2) is 9.97 Å². The third kappa shape index (κ3) is 3.96. The predicted octanol–water partition coefficient (Wildman–Crippen LogP) is 2.26. The van der Waals surface area contributed by atoms with Gasteiger partial charge in [-0.2, -0.15) is 5.26 Å². The van der Waals surface area contributed by atoms with Gasteiger partial charge in [0.15, 0.2) is 11.5 Å². The lowest BCUT2D eigenvalue weighted by atomic mass is 10.3. The summed E-state index contributed by atoms with van der Waals surface area (Å²) in [6, 6.07) is 12.1. The lowest BCUT2D eigenvalue weighted by Crippen LogP contribution is -2.11. The molecule has 1 heterocycles. The quantitative estimate of drug-likeness (QED) is 0.772. The highest BCUT2D eigenvalue weighted by atomic mass is 15.0. The molecule has 1 aromatic heterocycles. The summed E-state index contributed by atoms with van der Waals surface area (Å²) in [5.74, 6) is 0.546. The van der Waals surface area contributed by atoms with Gasteiger partial charge in [-0.15, -0.1) is 0 Å². The highest BCUT2D eigenvalue weighted by Crippen LogP contribution is 2.07. The maximum Gasteiger partial charge on any atom is 0.182 e. The number of hydrogen-bond donors (Lipinski definition) is 2. The minimum atomic E-state index is 0.332. The maximum absolute atomic E-state index is 8.86. The molecule has 5 heteroatoms. The number of hydrogen-bond acceptors (Lipinski definition) is 5. The zero-order valence-electron chi connectivity index (χ0n) is 10.5. The van der Waals surface area contributed by atoms with Crippen LogP contribution in [0.4, 0.5) is 11.5 Å². The van der Waals surface area contributed by atoms with Gasteiger partial charge in [-0.05, 0) is 18.6 Å². The molecule has 0 fully saturated rings. The Labute approximate surface area is 112 Å². The lowest BCUT2D eigenvalue weighted by molar-refractivity contribution is 0.900. The van der Waals surface area contributed by atoms with Crippen molar-refractivity contribution >= 4 is 11.5 Å². The number of rotatable bonds is 6. The van der Waals surface area contributed by atoms with Crippen LogP contribution in [0.5, 0.6) is 0 Å². The molecule has 2 rings (SSSR count). The third-order valence-electron chi connectivity index (χ3n) is 2.55. The van der Waals surface area contributed by atoms with E-state index in [9.17, 15) is 0 Å². The molecule has 5 nitrogen and oxygen atoms in total. The second-order valence-corrected chi connectivity index (χ2v) is 3.94. The van der Waals surface area contributed by atoms with Crippen molar-refractivity contribution in [2.45, 2.75) is 6.42 Å². The van der Waals surface area contributed by atoms with Crippen LogP contribution in [-0.4, -0.2) is 23.1 Å². The summed E-state index contributed by atoms with van der Waals surface area (Å²) < 4.78 is 0. The number of aromatic nitrogens is 2. The van der Waals surface area contributed by atoms with Crippen LogP contribution >= 0.6 is 0 Å². The number of nitrogens with zero attached hydrogens (tertiary/aromatic N) is 3. The lowest BCUT2D eigenvalue weighted by Gasteiger charge is -2.08. The van der Waals surface area contributed by atoms with Crippen molar-refractivity contribution in [3.8, 4) is 6.07 Å². The number of anilines is 2. The standard InChI is InChI=1S/C14H15N5/c15-11-13-14(19-10-9-17-13)18-8-4-7-16-12-5-2-1-3-6-12/h1-3,5-6,9-10,16H,4,7-8H2,(H,18,19). The van der Waals surface area contributed by atoms with E-state index in [0.717, 1.165) is 25.2 Å². The minimum Gasteiger partial charge on any atom is -0.385 e. The van der Waals surface area contributed by atoms with Gasteiger partial charge in [0, 0.05) is 31.2 Å². The Morgan fingerprint density at radius 3 is 2.53 bits per heavy atom. The fraction of sp³-hybridized carbons (Fsp3) is 0.214. The van der Waals surface area contributed by atoms with E-state index in [1.54, 1.807) is 6.20 Å². The Bertz CT molecular complexity index is 547. The summed E-state index contributed by atoms with van der Waals surface area (Å²) in [4.78, 5) is 8.03. The topological polar surface area (TPSA) is 73.6 Å². The van der Waals surface area contributed by atoms with Gasteiger partial charge in [0.05, 0.1) is 0 Å². The fourth-order valence-corrected chi connectivity index (χ4v) is 1.63. The van der Waals surface area contributed by atoms with E-state index < -0.39 is 0 Å². The zero-order valence-corrected chi connectivity index (χ0v) is 10.5. The molecule has 0 radical (unpaired) electrons. The van der Waals surface area contributed by atoms with Gasteiger partial charge in [0.1, 0.15) is 6.07 Å². The second-order valence-electron chi connectivity index (χ2n) is 3.94. The van der Waals surface area contributed by atoms with Gasteiger partial charge in [-0.3, -0.25) is 0 Å². The first-order valence-corrected chi connectivity index (χ1v) is 6.14. The molecule has 2 aromatic rings. The predicted molar refractivity (Wildman–Crippen MR) is 74.8 cm³/mol. The molecule has 0 bridgehead atoms. The normalized spacial score (nSPS) is 9.63. The van der Waals surface area contributed by atoms with Crippen LogP contribution in [0.1, 0.15) is 12.1 Å². The van der Waals surface area contributed by atoms with Gasteiger partial charge in [-0.1, -0.05) is 18.2 Å². The largest absolute Gasteiger partial charge is 0.385 e. The molecule has 0 saturated carbocycles. The Morgan fingerprint density at radius 1 is 1.00 bits per heavy atom. The second kappa shape index (κ2) is 6.97. The van der Waals surface area contributed by atoms with E-state index in [0.29, 0.717) is 11.5 Å². The molecule has 2 N–H and O–H groups in total. The molecule has 0 amide bonds. The van der Waals surface area contributed by atoms with Crippen LogP contribution in [-0.2, 0) is 0 Å². The average Bonchev–Trinajstić information content (AvgIpc) is 2.48. The van der Waals surface area contributed by atoms with Crippen molar-refractivity contribution in [1.29, 1.82) is 5.26 Å². The molecule has 96 valence electrons. The number of benzene rings is 1. The van der Waals surface area contributed by atoms with E-state index in [2.05, 4.69) is 20.6 Å².